The van der Waals surface area contributed by atoms with Gasteiger partial charge in [-0.2, -0.15) is 0 Å². The molecule has 0 aromatic carbocycles. The first-order valence-electron chi connectivity index (χ1n) is 23.5. The smallest absolute Gasteiger partial charge is 0.306 e. The van der Waals surface area contributed by atoms with Gasteiger partial charge in [0.25, 0.3) is 0 Å². The number of ether oxygens (including phenoxy) is 6. The highest BCUT2D eigenvalue weighted by Gasteiger charge is 2.47. The standard InChI is InChI=1S/C49H82O14/c1-3-5-7-9-11-13-15-16-17-18-19-20-21-22-23-24-26-28-30-32-41(51)61-38(35-58-33-31-29-27-25-14-12-10-8-6-4-2)36-59-48-47(57)45(55)43(53)40(63-48)37-60-49-46(56)44(54)42(52)39(34-50)62-49/h5,7,11,13,16-17,19-20,22-23,26,28,38-40,42-50,52-57H,3-4,6,8-10,12,14-15,18,21,24-25,27,29-37H2,1-2H3/b7-5-,13-11-,17-16-,20-19-,23-22-,28-26-. The zero-order valence-corrected chi connectivity index (χ0v) is 38.0. The zero-order valence-electron chi connectivity index (χ0n) is 38.0. The molecule has 63 heavy (non-hydrogen) atoms. The average molecular weight is 895 g/mol. The Balaban J connectivity index is 1.83. The Morgan fingerprint density at radius 2 is 1.00 bits per heavy atom. The van der Waals surface area contributed by atoms with E-state index in [1.807, 2.05) is 12.2 Å². The number of hydrogen-bond acceptors (Lipinski definition) is 14. The molecule has 0 aliphatic carbocycles. The molecule has 2 aliphatic heterocycles. The summed E-state index contributed by atoms with van der Waals surface area (Å²) in [5, 5.41) is 71.9. The Bertz CT molecular complexity index is 1310. The molecule has 14 heteroatoms. The summed E-state index contributed by atoms with van der Waals surface area (Å²) < 4.78 is 34.0. The van der Waals surface area contributed by atoms with Crippen LogP contribution in [0.15, 0.2) is 72.9 Å². The molecule has 362 valence electrons. The van der Waals surface area contributed by atoms with Crippen LogP contribution >= 0.6 is 0 Å². The van der Waals surface area contributed by atoms with Gasteiger partial charge in [-0.15, -0.1) is 0 Å². The quantitative estimate of drug-likeness (QED) is 0.0223. The third-order valence-corrected chi connectivity index (χ3v) is 10.7. The van der Waals surface area contributed by atoms with Crippen molar-refractivity contribution in [1.82, 2.24) is 0 Å². The van der Waals surface area contributed by atoms with E-state index < -0.39 is 86.7 Å². The Morgan fingerprint density at radius 1 is 0.540 bits per heavy atom. The van der Waals surface area contributed by atoms with Gasteiger partial charge in [0.1, 0.15) is 54.9 Å². The molecule has 7 N–H and O–H groups in total. The minimum atomic E-state index is -1.72. The van der Waals surface area contributed by atoms with Crippen LogP contribution in [0.1, 0.15) is 129 Å². The molecular formula is C49H82O14. The second-order valence-corrected chi connectivity index (χ2v) is 16.2. The number of unbranched alkanes of at least 4 members (excludes halogenated alkanes) is 9. The van der Waals surface area contributed by atoms with E-state index in [-0.39, 0.29) is 19.6 Å². The lowest BCUT2D eigenvalue weighted by molar-refractivity contribution is -0.332. The van der Waals surface area contributed by atoms with E-state index in [9.17, 15) is 40.5 Å². The summed E-state index contributed by atoms with van der Waals surface area (Å²) in [5.41, 5.74) is 0. The normalized spacial score (nSPS) is 27.6. The van der Waals surface area contributed by atoms with Crippen molar-refractivity contribution in [1.29, 1.82) is 0 Å². The first-order chi connectivity index (χ1) is 30.6. The van der Waals surface area contributed by atoms with E-state index in [0.717, 1.165) is 57.8 Å². The molecule has 0 saturated carbocycles. The van der Waals surface area contributed by atoms with E-state index in [0.29, 0.717) is 13.0 Å². The van der Waals surface area contributed by atoms with Gasteiger partial charge in [0.15, 0.2) is 12.6 Å². The van der Waals surface area contributed by atoms with Crippen LogP contribution in [0.4, 0.5) is 0 Å². The summed E-state index contributed by atoms with van der Waals surface area (Å²) in [6.45, 7) is 3.43. The fourth-order valence-corrected chi connectivity index (χ4v) is 6.90. The Morgan fingerprint density at radius 3 is 1.52 bits per heavy atom. The molecular weight excluding hydrogens is 813 g/mol. The molecule has 2 fully saturated rings. The minimum absolute atomic E-state index is 0.0285. The van der Waals surface area contributed by atoms with Gasteiger partial charge in [-0.05, 0) is 51.4 Å². The second-order valence-electron chi connectivity index (χ2n) is 16.2. The summed E-state index contributed by atoms with van der Waals surface area (Å²) in [7, 11) is 0. The van der Waals surface area contributed by atoms with Crippen molar-refractivity contribution >= 4 is 5.97 Å². The van der Waals surface area contributed by atoms with Crippen LogP contribution in [0, 0.1) is 0 Å². The van der Waals surface area contributed by atoms with Crippen molar-refractivity contribution in [2.75, 3.05) is 33.0 Å². The summed E-state index contributed by atoms with van der Waals surface area (Å²) in [4.78, 5) is 12.9. The van der Waals surface area contributed by atoms with Gasteiger partial charge in [0.05, 0.1) is 26.4 Å². The number of esters is 1. The lowest BCUT2D eigenvalue weighted by Gasteiger charge is -2.42. The van der Waals surface area contributed by atoms with Crippen LogP contribution in [0.5, 0.6) is 0 Å². The van der Waals surface area contributed by atoms with Crippen LogP contribution in [0.2, 0.25) is 0 Å². The molecule has 11 atom stereocenters. The summed E-state index contributed by atoms with van der Waals surface area (Å²) in [6, 6.07) is 0. The highest BCUT2D eigenvalue weighted by Crippen LogP contribution is 2.26. The molecule has 0 radical (unpaired) electrons. The Labute approximate surface area is 377 Å². The Kier molecular flexibility index (Phi) is 32.9. The van der Waals surface area contributed by atoms with Gasteiger partial charge in [0, 0.05) is 13.0 Å². The SMILES string of the molecule is CC/C=C\C/C=C\C/C=C\C/C=C\C/C=C\C/C=C\CCC(=O)OC(COCCCCCCCCCCCC)COC1OC(COC2OC(CO)C(O)C(O)C2O)C(O)C(O)C1O. The Hall–Kier alpha value is -2.57. The van der Waals surface area contributed by atoms with Crippen LogP contribution in [0.3, 0.4) is 0 Å². The largest absolute Gasteiger partial charge is 0.457 e. The molecule has 0 spiro atoms. The van der Waals surface area contributed by atoms with Gasteiger partial charge in [-0.3, -0.25) is 4.79 Å². The summed E-state index contributed by atoms with van der Waals surface area (Å²) >= 11 is 0. The number of hydrogen-bond donors (Lipinski definition) is 7. The number of aliphatic hydroxyl groups excluding tert-OH is 7. The van der Waals surface area contributed by atoms with Gasteiger partial charge in [-0.25, -0.2) is 0 Å². The first-order valence-corrected chi connectivity index (χ1v) is 23.5. The monoisotopic (exact) mass is 895 g/mol. The maximum absolute atomic E-state index is 12.9. The van der Waals surface area contributed by atoms with Crippen LogP contribution in [-0.4, -0.2) is 142 Å². The van der Waals surface area contributed by atoms with E-state index in [4.69, 9.17) is 28.4 Å². The van der Waals surface area contributed by atoms with Crippen molar-refractivity contribution < 1.29 is 69.0 Å². The number of allylic oxidation sites excluding steroid dienone is 12. The fraction of sp³-hybridized carbons (Fsp3) is 0.735. The van der Waals surface area contributed by atoms with Crippen molar-refractivity contribution in [2.45, 2.75) is 197 Å². The van der Waals surface area contributed by atoms with Crippen molar-refractivity contribution in [3.05, 3.63) is 72.9 Å². The molecule has 2 aliphatic rings. The third kappa shape index (κ3) is 25.1. The van der Waals surface area contributed by atoms with Crippen LogP contribution < -0.4 is 0 Å². The number of rotatable bonds is 35. The molecule has 2 rings (SSSR count). The molecule has 2 heterocycles. The molecule has 0 amide bonds. The van der Waals surface area contributed by atoms with Gasteiger partial charge in [-0.1, -0.05) is 145 Å². The maximum Gasteiger partial charge on any atom is 0.306 e. The predicted molar refractivity (Wildman–Crippen MR) is 242 cm³/mol. The number of carbonyl (C=O) groups is 1. The molecule has 0 bridgehead atoms. The topological polar surface area (TPSA) is 214 Å². The number of aliphatic hydroxyl groups is 7. The van der Waals surface area contributed by atoms with Crippen molar-refractivity contribution in [2.24, 2.45) is 0 Å². The van der Waals surface area contributed by atoms with Gasteiger partial charge < -0.3 is 64.2 Å². The molecule has 0 aromatic rings. The summed E-state index contributed by atoms with van der Waals surface area (Å²) in [6.07, 6.45) is 27.0. The maximum atomic E-state index is 12.9. The zero-order chi connectivity index (χ0) is 45.9. The molecule has 2 saturated heterocycles. The molecule has 11 unspecified atom stereocenters. The first kappa shape index (κ1) is 56.6. The summed E-state index contributed by atoms with van der Waals surface area (Å²) in [5.74, 6) is -0.461. The van der Waals surface area contributed by atoms with E-state index in [1.54, 1.807) is 0 Å². The molecule has 0 aromatic heterocycles. The molecule has 14 nitrogen and oxygen atoms in total. The van der Waals surface area contributed by atoms with E-state index in [2.05, 4.69) is 74.6 Å². The second kappa shape index (κ2) is 36.6. The van der Waals surface area contributed by atoms with Crippen molar-refractivity contribution in [3.63, 3.8) is 0 Å². The predicted octanol–water partition coefficient (Wildman–Crippen LogP) is 5.95. The average Bonchev–Trinajstić information content (AvgIpc) is 3.28. The number of carbonyl (C=O) groups excluding carboxylic acids is 1. The van der Waals surface area contributed by atoms with E-state index >= 15 is 0 Å². The van der Waals surface area contributed by atoms with Crippen LogP contribution in [0.25, 0.3) is 0 Å². The fourth-order valence-electron chi connectivity index (χ4n) is 6.90. The van der Waals surface area contributed by atoms with Crippen molar-refractivity contribution in [3.8, 4) is 0 Å². The highest BCUT2D eigenvalue weighted by atomic mass is 16.7. The lowest BCUT2D eigenvalue weighted by atomic mass is 9.98. The van der Waals surface area contributed by atoms with Gasteiger partial charge in [0.2, 0.25) is 0 Å². The van der Waals surface area contributed by atoms with Gasteiger partial charge >= 0.3 is 5.97 Å². The lowest BCUT2D eigenvalue weighted by Crippen LogP contribution is -2.61. The third-order valence-electron chi connectivity index (χ3n) is 10.7. The minimum Gasteiger partial charge on any atom is -0.457 e. The van der Waals surface area contributed by atoms with Crippen LogP contribution in [-0.2, 0) is 33.2 Å². The highest BCUT2D eigenvalue weighted by molar-refractivity contribution is 5.69. The van der Waals surface area contributed by atoms with E-state index in [1.165, 1.54) is 44.9 Å².